The first-order valence-electron chi connectivity index (χ1n) is 6.28. The van der Waals surface area contributed by atoms with Crippen molar-refractivity contribution >= 4 is 17.2 Å². The lowest BCUT2D eigenvalue weighted by molar-refractivity contribution is -0.132. The molecule has 2 rings (SSSR count). The van der Waals surface area contributed by atoms with E-state index >= 15 is 0 Å². The average molecular weight is 252 g/mol. The summed E-state index contributed by atoms with van der Waals surface area (Å²) in [6.07, 6.45) is 3.66. The standard InChI is InChI=1S/C13H20N2OS/c14-9-11-3-6-15(7-4-11)13(16)2-1-12-5-8-17-10-12/h5,8,10-11H,1-4,6-7,9,14H2. The molecule has 94 valence electrons. The van der Waals surface area contributed by atoms with E-state index in [-0.39, 0.29) is 0 Å². The molecule has 1 fully saturated rings. The summed E-state index contributed by atoms with van der Waals surface area (Å²) < 4.78 is 0. The van der Waals surface area contributed by atoms with Crippen LogP contribution >= 0.6 is 11.3 Å². The van der Waals surface area contributed by atoms with Crippen molar-refractivity contribution in [3.05, 3.63) is 22.4 Å². The molecule has 1 amide bonds. The highest BCUT2D eigenvalue weighted by molar-refractivity contribution is 7.07. The summed E-state index contributed by atoms with van der Waals surface area (Å²) in [5, 5.41) is 4.18. The molecule has 0 saturated carbocycles. The lowest BCUT2D eigenvalue weighted by atomic mass is 9.97. The number of aryl methyl sites for hydroxylation is 1. The van der Waals surface area contributed by atoms with Gasteiger partial charge in [-0.2, -0.15) is 11.3 Å². The molecule has 0 unspecified atom stereocenters. The quantitative estimate of drug-likeness (QED) is 0.889. The summed E-state index contributed by atoms with van der Waals surface area (Å²) in [6, 6.07) is 2.10. The Morgan fingerprint density at radius 2 is 2.24 bits per heavy atom. The molecule has 0 spiro atoms. The van der Waals surface area contributed by atoms with Crippen LogP contribution in [0.15, 0.2) is 16.8 Å². The monoisotopic (exact) mass is 252 g/mol. The normalized spacial score (nSPS) is 17.4. The average Bonchev–Trinajstić information content (AvgIpc) is 2.89. The van der Waals surface area contributed by atoms with Crippen LogP contribution in [-0.4, -0.2) is 30.4 Å². The van der Waals surface area contributed by atoms with Gasteiger partial charge in [-0.05, 0) is 54.1 Å². The molecule has 0 radical (unpaired) electrons. The van der Waals surface area contributed by atoms with Crippen molar-refractivity contribution in [1.29, 1.82) is 0 Å². The van der Waals surface area contributed by atoms with Gasteiger partial charge in [0.1, 0.15) is 0 Å². The molecule has 2 N–H and O–H groups in total. The van der Waals surface area contributed by atoms with E-state index in [1.165, 1.54) is 5.56 Å². The van der Waals surface area contributed by atoms with Gasteiger partial charge in [-0.3, -0.25) is 4.79 Å². The largest absolute Gasteiger partial charge is 0.343 e. The van der Waals surface area contributed by atoms with Crippen LogP contribution < -0.4 is 5.73 Å². The molecule has 1 aromatic heterocycles. The molecule has 0 bridgehead atoms. The number of carbonyl (C=O) groups excluding carboxylic acids is 1. The second-order valence-electron chi connectivity index (χ2n) is 4.69. The van der Waals surface area contributed by atoms with Crippen LogP contribution in [0, 0.1) is 5.92 Å². The van der Waals surface area contributed by atoms with E-state index in [2.05, 4.69) is 16.8 Å². The van der Waals surface area contributed by atoms with Crippen molar-refractivity contribution in [3.8, 4) is 0 Å². The molecule has 17 heavy (non-hydrogen) atoms. The number of nitrogens with two attached hydrogens (primary N) is 1. The lowest BCUT2D eigenvalue weighted by Gasteiger charge is -2.31. The predicted molar refractivity (Wildman–Crippen MR) is 71.0 cm³/mol. The van der Waals surface area contributed by atoms with Crippen LogP contribution in [0.5, 0.6) is 0 Å². The van der Waals surface area contributed by atoms with Gasteiger partial charge in [-0.15, -0.1) is 0 Å². The van der Waals surface area contributed by atoms with Crippen molar-refractivity contribution in [1.82, 2.24) is 4.90 Å². The molecule has 2 heterocycles. The number of carbonyl (C=O) groups is 1. The zero-order chi connectivity index (χ0) is 12.1. The van der Waals surface area contributed by atoms with Crippen molar-refractivity contribution in [2.24, 2.45) is 11.7 Å². The first-order valence-corrected chi connectivity index (χ1v) is 7.23. The number of thiophene rings is 1. The van der Waals surface area contributed by atoms with E-state index in [0.29, 0.717) is 18.2 Å². The third-order valence-corrected chi connectivity index (χ3v) is 4.24. The number of hydrogen-bond donors (Lipinski definition) is 1. The summed E-state index contributed by atoms with van der Waals surface area (Å²) in [6.45, 7) is 2.55. The van der Waals surface area contributed by atoms with Gasteiger partial charge in [-0.25, -0.2) is 0 Å². The molecule has 1 aromatic rings. The van der Waals surface area contributed by atoms with Crippen LogP contribution in [0.25, 0.3) is 0 Å². The fraction of sp³-hybridized carbons (Fsp3) is 0.615. The number of amides is 1. The molecule has 1 aliphatic rings. The SMILES string of the molecule is NCC1CCN(C(=O)CCc2ccsc2)CC1. The zero-order valence-electron chi connectivity index (χ0n) is 10.1. The fourth-order valence-corrected chi connectivity index (χ4v) is 2.97. The van der Waals surface area contributed by atoms with Crippen LogP contribution in [-0.2, 0) is 11.2 Å². The van der Waals surface area contributed by atoms with Crippen molar-refractivity contribution in [2.75, 3.05) is 19.6 Å². The molecule has 0 aromatic carbocycles. The highest BCUT2D eigenvalue weighted by atomic mass is 32.1. The lowest BCUT2D eigenvalue weighted by Crippen LogP contribution is -2.40. The number of piperidine rings is 1. The van der Waals surface area contributed by atoms with E-state index in [1.54, 1.807) is 11.3 Å². The van der Waals surface area contributed by atoms with E-state index in [4.69, 9.17) is 5.73 Å². The minimum Gasteiger partial charge on any atom is -0.343 e. The minimum atomic E-state index is 0.298. The summed E-state index contributed by atoms with van der Waals surface area (Å²) in [5.41, 5.74) is 6.92. The fourth-order valence-electron chi connectivity index (χ4n) is 2.26. The summed E-state index contributed by atoms with van der Waals surface area (Å²) in [7, 11) is 0. The van der Waals surface area contributed by atoms with Gasteiger partial charge in [-0.1, -0.05) is 0 Å². The summed E-state index contributed by atoms with van der Waals surface area (Å²) in [5.74, 6) is 0.919. The first-order chi connectivity index (χ1) is 8.29. The van der Waals surface area contributed by atoms with Crippen molar-refractivity contribution in [3.63, 3.8) is 0 Å². The van der Waals surface area contributed by atoms with Gasteiger partial charge in [0.15, 0.2) is 0 Å². The Morgan fingerprint density at radius 1 is 1.47 bits per heavy atom. The minimum absolute atomic E-state index is 0.298. The maximum Gasteiger partial charge on any atom is 0.222 e. The Labute approximate surface area is 107 Å². The van der Waals surface area contributed by atoms with E-state index in [9.17, 15) is 4.79 Å². The Morgan fingerprint density at radius 3 is 2.82 bits per heavy atom. The Balaban J connectivity index is 1.73. The predicted octanol–water partition coefficient (Wildman–Crippen LogP) is 1.88. The van der Waals surface area contributed by atoms with Crippen LogP contribution in [0.3, 0.4) is 0 Å². The number of likely N-dealkylation sites (tertiary alicyclic amines) is 1. The number of rotatable bonds is 4. The van der Waals surface area contributed by atoms with Crippen LogP contribution in [0.4, 0.5) is 0 Å². The van der Waals surface area contributed by atoms with Gasteiger partial charge in [0.2, 0.25) is 5.91 Å². The summed E-state index contributed by atoms with van der Waals surface area (Å²) in [4.78, 5) is 14.0. The Hall–Kier alpha value is -0.870. The van der Waals surface area contributed by atoms with Crippen molar-refractivity contribution in [2.45, 2.75) is 25.7 Å². The van der Waals surface area contributed by atoms with E-state index in [1.807, 2.05) is 4.90 Å². The van der Waals surface area contributed by atoms with E-state index < -0.39 is 0 Å². The Kier molecular flexibility index (Phi) is 4.57. The number of nitrogens with zero attached hydrogens (tertiary/aromatic N) is 1. The summed E-state index contributed by atoms with van der Waals surface area (Å²) >= 11 is 1.69. The maximum absolute atomic E-state index is 12.0. The van der Waals surface area contributed by atoms with Gasteiger partial charge in [0.25, 0.3) is 0 Å². The molecular formula is C13H20N2OS. The highest BCUT2D eigenvalue weighted by Crippen LogP contribution is 2.17. The van der Waals surface area contributed by atoms with Crippen molar-refractivity contribution < 1.29 is 4.79 Å². The third-order valence-electron chi connectivity index (χ3n) is 3.51. The molecule has 3 nitrogen and oxygen atoms in total. The molecule has 0 aliphatic carbocycles. The van der Waals surface area contributed by atoms with Gasteiger partial charge in [0.05, 0.1) is 0 Å². The van der Waals surface area contributed by atoms with Crippen LogP contribution in [0.1, 0.15) is 24.8 Å². The second kappa shape index (κ2) is 6.17. The molecule has 0 atom stereocenters. The van der Waals surface area contributed by atoms with Gasteiger partial charge in [0, 0.05) is 19.5 Å². The molecular weight excluding hydrogens is 232 g/mol. The first kappa shape index (κ1) is 12.6. The van der Waals surface area contributed by atoms with E-state index in [0.717, 1.165) is 38.9 Å². The number of hydrogen-bond acceptors (Lipinski definition) is 3. The molecule has 1 saturated heterocycles. The maximum atomic E-state index is 12.0. The molecule has 1 aliphatic heterocycles. The molecule has 4 heteroatoms. The topological polar surface area (TPSA) is 46.3 Å². The smallest absolute Gasteiger partial charge is 0.222 e. The highest BCUT2D eigenvalue weighted by Gasteiger charge is 2.21. The van der Waals surface area contributed by atoms with Gasteiger partial charge >= 0.3 is 0 Å². The third kappa shape index (κ3) is 3.54. The Bertz CT molecular complexity index is 342. The second-order valence-corrected chi connectivity index (χ2v) is 5.47. The van der Waals surface area contributed by atoms with Crippen LogP contribution in [0.2, 0.25) is 0 Å². The van der Waals surface area contributed by atoms with Gasteiger partial charge < -0.3 is 10.6 Å². The zero-order valence-corrected chi connectivity index (χ0v) is 10.9.